The van der Waals surface area contributed by atoms with Gasteiger partial charge in [-0.3, -0.25) is 0 Å². The molecule has 8 nitrogen and oxygen atoms in total. The van der Waals surface area contributed by atoms with Crippen molar-refractivity contribution in [3.8, 4) is 23.0 Å². The highest BCUT2D eigenvalue weighted by atomic mass is 16.5. The first kappa shape index (κ1) is 23.9. The van der Waals surface area contributed by atoms with E-state index < -0.39 is 30.3 Å². The van der Waals surface area contributed by atoms with Gasteiger partial charge in [-0.15, -0.1) is 0 Å². The molecule has 4 rings (SSSR count). The van der Waals surface area contributed by atoms with E-state index in [0.717, 1.165) is 11.1 Å². The maximum absolute atomic E-state index is 10.7. The van der Waals surface area contributed by atoms with E-state index in [4.69, 9.17) is 9.47 Å². The van der Waals surface area contributed by atoms with Crippen LogP contribution in [-0.4, -0.2) is 44.9 Å². The molecular weight excluding hydrogens is 438 g/mol. The maximum Gasteiger partial charge on any atom is 0.201 e. The number of hydrogen-bond acceptors (Lipinski definition) is 7. The van der Waals surface area contributed by atoms with Gasteiger partial charge in [0.05, 0.1) is 32.0 Å². The second kappa shape index (κ2) is 10.4. The average molecular weight is 469 g/mol. The minimum absolute atomic E-state index is 0.107. The third-order valence-electron chi connectivity index (χ3n) is 6.40. The van der Waals surface area contributed by atoms with E-state index in [1.807, 2.05) is 18.2 Å². The summed E-state index contributed by atoms with van der Waals surface area (Å²) in [6, 6.07) is 8.81. The fourth-order valence-electron chi connectivity index (χ4n) is 4.75. The molecule has 0 amide bonds. The summed E-state index contributed by atoms with van der Waals surface area (Å²) in [4.78, 5) is 4.09. The minimum Gasteiger partial charge on any atom is -0.670 e. The predicted molar refractivity (Wildman–Crippen MR) is 124 cm³/mol. The molecular formula is C26H30NO7-. The molecule has 1 aliphatic heterocycles. The number of aliphatic hydroxyl groups is 2. The molecule has 34 heavy (non-hydrogen) atoms. The van der Waals surface area contributed by atoms with Crippen LogP contribution >= 0.6 is 0 Å². The standard InChI is InChI=1S/C26H30NO7/c1-33-26-20(10-16-8-9-27-13-16)23(21(14-28)24(31)25(26)32)22-12-18(30)11-19(34-22)7-4-15-2-5-17(29)6-3-15/h2-3,5-6,8-9,13,18-19,22,28-32H,4,7,10-12,14H2,1H3/q-1/t18-,19+,22+/m1/s1. The van der Waals surface area contributed by atoms with Crippen LogP contribution in [0.1, 0.15) is 53.2 Å². The normalized spacial score (nSPS) is 20.4. The van der Waals surface area contributed by atoms with Crippen LogP contribution in [0.15, 0.2) is 42.7 Å². The van der Waals surface area contributed by atoms with Crippen molar-refractivity contribution in [1.29, 1.82) is 0 Å². The Morgan fingerprint density at radius 3 is 2.41 bits per heavy atom. The lowest BCUT2D eigenvalue weighted by molar-refractivity contribution is -0.101. The number of ether oxygens (including phenoxy) is 2. The molecule has 182 valence electrons. The van der Waals surface area contributed by atoms with Gasteiger partial charge in [0.25, 0.3) is 0 Å². The molecule has 0 bridgehead atoms. The Morgan fingerprint density at radius 2 is 1.76 bits per heavy atom. The molecule has 3 atom stereocenters. The summed E-state index contributed by atoms with van der Waals surface area (Å²) in [5.41, 5.74) is 3.16. The highest BCUT2D eigenvalue weighted by molar-refractivity contribution is 5.64. The van der Waals surface area contributed by atoms with Crippen molar-refractivity contribution in [2.24, 2.45) is 0 Å². The predicted octanol–water partition coefficient (Wildman–Crippen LogP) is 3.07. The molecule has 1 aromatic heterocycles. The number of benzene rings is 2. The highest BCUT2D eigenvalue weighted by Crippen LogP contribution is 2.49. The van der Waals surface area contributed by atoms with Crippen LogP contribution in [0.5, 0.6) is 23.0 Å². The number of phenols is 3. The first-order chi connectivity index (χ1) is 16.4. The fraction of sp³-hybridized carbons (Fsp3) is 0.385. The molecule has 1 aliphatic rings. The number of methoxy groups -OCH3 is 1. The Bertz CT molecular complexity index is 1100. The first-order valence-corrected chi connectivity index (χ1v) is 11.3. The van der Waals surface area contributed by atoms with Crippen molar-refractivity contribution in [2.45, 2.75) is 57.0 Å². The van der Waals surface area contributed by atoms with Gasteiger partial charge in [0.1, 0.15) is 5.75 Å². The summed E-state index contributed by atoms with van der Waals surface area (Å²) < 4.78 is 11.9. The Labute approximate surface area is 198 Å². The fourth-order valence-corrected chi connectivity index (χ4v) is 4.75. The van der Waals surface area contributed by atoms with E-state index in [1.165, 1.54) is 7.11 Å². The van der Waals surface area contributed by atoms with Gasteiger partial charge in [0.15, 0.2) is 11.5 Å². The highest BCUT2D eigenvalue weighted by Gasteiger charge is 2.35. The third kappa shape index (κ3) is 4.99. The van der Waals surface area contributed by atoms with Gasteiger partial charge in [-0.2, -0.15) is 12.4 Å². The molecule has 0 unspecified atom stereocenters. The number of aryl methyl sites for hydroxylation is 1. The van der Waals surface area contributed by atoms with E-state index in [1.54, 1.807) is 24.5 Å². The van der Waals surface area contributed by atoms with E-state index in [9.17, 15) is 25.5 Å². The topological polar surface area (TPSA) is 134 Å². The van der Waals surface area contributed by atoms with Gasteiger partial charge < -0.3 is 40.0 Å². The van der Waals surface area contributed by atoms with Gasteiger partial charge in [-0.25, -0.2) is 0 Å². The summed E-state index contributed by atoms with van der Waals surface area (Å²) in [6.07, 6.45) is 4.28. The largest absolute Gasteiger partial charge is 0.670 e. The van der Waals surface area contributed by atoms with Gasteiger partial charge in [0.2, 0.25) is 5.75 Å². The number of aliphatic hydroxyl groups excluding tert-OH is 2. The van der Waals surface area contributed by atoms with Crippen LogP contribution in [0.4, 0.5) is 0 Å². The number of aromatic hydroxyl groups is 3. The molecule has 1 fully saturated rings. The molecule has 2 aromatic carbocycles. The molecule has 0 radical (unpaired) electrons. The zero-order valence-electron chi connectivity index (χ0n) is 19.0. The molecule has 1 saturated heterocycles. The smallest absolute Gasteiger partial charge is 0.201 e. The van der Waals surface area contributed by atoms with Crippen LogP contribution in [0.2, 0.25) is 0 Å². The second-order valence-electron chi connectivity index (χ2n) is 8.68. The maximum atomic E-state index is 10.7. The van der Waals surface area contributed by atoms with Crippen molar-refractivity contribution in [3.63, 3.8) is 0 Å². The van der Waals surface area contributed by atoms with Crippen LogP contribution in [0, 0.1) is 0 Å². The lowest BCUT2D eigenvalue weighted by Gasteiger charge is -2.36. The van der Waals surface area contributed by atoms with Gasteiger partial charge in [-0.1, -0.05) is 23.8 Å². The van der Waals surface area contributed by atoms with E-state index in [-0.39, 0.29) is 29.6 Å². The van der Waals surface area contributed by atoms with Crippen LogP contribution in [0.3, 0.4) is 0 Å². The van der Waals surface area contributed by atoms with E-state index >= 15 is 0 Å². The Balaban J connectivity index is 1.67. The van der Waals surface area contributed by atoms with Crippen molar-refractivity contribution in [1.82, 2.24) is 4.98 Å². The lowest BCUT2D eigenvalue weighted by Crippen LogP contribution is -2.32. The Morgan fingerprint density at radius 1 is 1.00 bits per heavy atom. The Kier molecular flexibility index (Phi) is 7.31. The number of hydrogen-bond donors (Lipinski definition) is 5. The number of phenolic OH excluding ortho intramolecular Hbond substituents is 2. The van der Waals surface area contributed by atoms with Crippen LogP contribution in [0.25, 0.3) is 0 Å². The van der Waals surface area contributed by atoms with E-state index in [2.05, 4.69) is 4.98 Å². The second-order valence-corrected chi connectivity index (χ2v) is 8.68. The van der Waals surface area contributed by atoms with E-state index in [0.29, 0.717) is 36.8 Å². The van der Waals surface area contributed by atoms with Gasteiger partial charge in [-0.05, 0) is 48.9 Å². The molecule has 2 heterocycles. The van der Waals surface area contributed by atoms with Crippen molar-refractivity contribution in [3.05, 3.63) is 70.5 Å². The zero-order valence-corrected chi connectivity index (χ0v) is 19.0. The van der Waals surface area contributed by atoms with Crippen LogP contribution in [-0.2, 0) is 24.2 Å². The third-order valence-corrected chi connectivity index (χ3v) is 6.40. The molecule has 5 N–H and O–H groups in total. The summed E-state index contributed by atoms with van der Waals surface area (Å²) in [5.74, 6) is -0.582. The summed E-state index contributed by atoms with van der Waals surface area (Å²) in [7, 11) is 1.40. The monoisotopic (exact) mass is 468 g/mol. The van der Waals surface area contributed by atoms with Crippen molar-refractivity contribution >= 4 is 0 Å². The van der Waals surface area contributed by atoms with Crippen molar-refractivity contribution < 1.29 is 35.0 Å². The van der Waals surface area contributed by atoms with Crippen molar-refractivity contribution in [2.75, 3.05) is 7.11 Å². The number of nitrogens with zero attached hydrogens (tertiary/aromatic N) is 1. The summed E-state index contributed by atoms with van der Waals surface area (Å²) >= 11 is 0. The molecule has 8 heteroatoms. The molecule has 0 aliphatic carbocycles. The molecule has 0 saturated carbocycles. The Hall–Kier alpha value is -3.20. The first-order valence-electron chi connectivity index (χ1n) is 11.3. The number of aromatic nitrogens is 1. The summed E-state index contributed by atoms with van der Waals surface area (Å²) in [5, 5.41) is 51.5. The SMILES string of the molecule is COc1c(O)c(O)c(CO)c([C@@H]2C[C@H](O)C[C@H](CCc3ccc(O)cc3)O2)c1Cc1cc[n-]c1. The molecule has 0 spiro atoms. The minimum atomic E-state index is -0.634. The van der Waals surface area contributed by atoms with Gasteiger partial charge in [0, 0.05) is 17.5 Å². The zero-order chi connectivity index (χ0) is 24.2. The lowest BCUT2D eigenvalue weighted by atomic mass is 9.86. The summed E-state index contributed by atoms with van der Waals surface area (Å²) in [6.45, 7) is -0.515. The molecule has 3 aromatic rings. The average Bonchev–Trinajstić information content (AvgIpc) is 3.34. The quantitative estimate of drug-likeness (QED) is 0.319. The van der Waals surface area contributed by atoms with Crippen LogP contribution < -0.4 is 9.72 Å². The number of rotatable bonds is 8. The van der Waals surface area contributed by atoms with Gasteiger partial charge >= 0.3 is 0 Å².